The molecule has 1 rings (SSSR count). The predicted molar refractivity (Wildman–Crippen MR) is 75.0 cm³/mol. The van der Waals surface area contributed by atoms with Crippen molar-refractivity contribution in [1.29, 1.82) is 0 Å². The summed E-state index contributed by atoms with van der Waals surface area (Å²) < 4.78 is 0. The third-order valence-electron chi connectivity index (χ3n) is 2.60. The van der Waals surface area contributed by atoms with Crippen molar-refractivity contribution >= 4 is 11.6 Å². The van der Waals surface area contributed by atoms with Gasteiger partial charge in [-0.25, -0.2) is 9.97 Å². The zero-order valence-electron chi connectivity index (χ0n) is 11.7. The molecule has 0 atom stereocenters. The maximum absolute atomic E-state index is 9.02. The van der Waals surface area contributed by atoms with Gasteiger partial charge in [-0.3, -0.25) is 0 Å². The molecule has 0 fully saturated rings. The van der Waals surface area contributed by atoms with Gasteiger partial charge in [0.05, 0.1) is 0 Å². The minimum absolute atomic E-state index is 0.158. The molecule has 0 unspecified atom stereocenters. The van der Waals surface area contributed by atoms with E-state index in [1.807, 2.05) is 26.8 Å². The summed E-state index contributed by atoms with van der Waals surface area (Å²) >= 11 is 0. The van der Waals surface area contributed by atoms with Crippen LogP contribution in [-0.4, -0.2) is 33.8 Å². The molecule has 1 aromatic heterocycles. The number of aliphatic hydroxyl groups is 1. The molecule has 3 N–H and O–H groups in total. The van der Waals surface area contributed by atoms with E-state index in [2.05, 4.69) is 27.5 Å². The maximum Gasteiger partial charge on any atom is 0.132 e. The summed E-state index contributed by atoms with van der Waals surface area (Å²) in [5, 5.41) is 15.6. The van der Waals surface area contributed by atoms with Crippen LogP contribution in [0.5, 0.6) is 0 Å². The van der Waals surface area contributed by atoms with Crippen molar-refractivity contribution in [3.8, 4) is 0 Å². The quantitative estimate of drug-likeness (QED) is 0.694. The Bertz CT molecular complexity index is 379. The molecule has 1 heterocycles. The average Bonchev–Trinajstić information content (AvgIpc) is 2.24. The summed E-state index contributed by atoms with van der Waals surface area (Å²) in [5.41, 5.74) is -0.183. The van der Waals surface area contributed by atoms with E-state index in [0.717, 1.165) is 30.4 Å². The molecule has 0 amide bonds. The van der Waals surface area contributed by atoms with Crippen LogP contribution in [0.1, 0.15) is 39.4 Å². The number of aromatic nitrogens is 2. The first-order chi connectivity index (χ1) is 8.46. The van der Waals surface area contributed by atoms with E-state index in [-0.39, 0.29) is 12.1 Å². The first-order valence-corrected chi connectivity index (χ1v) is 6.45. The van der Waals surface area contributed by atoms with Gasteiger partial charge in [-0.1, -0.05) is 6.92 Å². The van der Waals surface area contributed by atoms with E-state index in [0.29, 0.717) is 6.42 Å². The molecule has 0 aromatic carbocycles. The molecule has 0 aliphatic heterocycles. The number of hydrogen-bond acceptors (Lipinski definition) is 5. The van der Waals surface area contributed by atoms with E-state index in [9.17, 15) is 0 Å². The lowest BCUT2D eigenvalue weighted by atomic mass is 10.0. The summed E-state index contributed by atoms with van der Waals surface area (Å²) in [5.74, 6) is 2.37. The highest BCUT2D eigenvalue weighted by atomic mass is 16.3. The molecule has 5 heteroatoms. The third-order valence-corrected chi connectivity index (χ3v) is 2.60. The summed E-state index contributed by atoms with van der Waals surface area (Å²) in [7, 11) is 0. The fourth-order valence-electron chi connectivity index (χ4n) is 1.66. The first-order valence-electron chi connectivity index (χ1n) is 6.45. The van der Waals surface area contributed by atoms with Gasteiger partial charge in [-0.15, -0.1) is 0 Å². The molecule has 0 bridgehead atoms. The van der Waals surface area contributed by atoms with Gasteiger partial charge in [0.15, 0.2) is 0 Å². The molecule has 18 heavy (non-hydrogen) atoms. The van der Waals surface area contributed by atoms with E-state index >= 15 is 0 Å². The zero-order valence-corrected chi connectivity index (χ0v) is 11.7. The van der Waals surface area contributed by atoms with E-state index < -0.39 is 0 Å². The summed E-state index contributed by atoms with van der Waals surface area (Å²) in [6, 6.07) is 1.90. The van der Waals surface area contributed by atoms with Crippen molar-refractivity contribution in [1.82, 2.24) is 9.97 Å². The average molecular weight is 252 g/mol. The number of hydrogen-bond donors (Lipinski definition) is 3. The van der Waals surface area contributed by atoms with Crippen LogP contribution < -0.4 is 10.6 Å². The van der Waals surface area contributed by atoms with Gasteiger partial charge in [0.1, 0.15) is 17.5 Å². The minimum atomic E-state index is -0.183. The van der Waals surface area contributed by atoms with Crippen LogP contribution >= 0.6 is 0 Å². The SMILES string of the molecule is CCCNc1cc(NC(C)(C)CCO)nc(C)n1. The third kappa shape index (κ3) is 4.87. The molecule has 0 radical (unpaired) electrons. The highest BCUT2D eigenvalue weighted by molar-refractivity contribution is 5.48. The van der Waals surface area contributed by atoms with Crippen molar-refractivity contribution < 1.29 is 5.11 Å². The smallest absolute Gasteiger partial charge is 0.132 e. The van der Waals surface area contributed by atoms with Crippen molar-refractivity contribution in [2.45, 2.75) is 46.1 Å². The fraction of sp³-hybridized carbons (Fsp3) is 0.692. The van der Waals surface area contributed by atoms with Crippen LogP contribution in [-0.2, 0) is 0 Å². The Kier molecular flexibility index (Phi) is 5.34. The number of rotatable bonds is 7. The Hall–Kier alpha value is -1.36. The Balaban J connectivity index is 2.79. The lowest BCUT2D eigenvalue weighted by molar-refractivity contribution is 0.260. The zero-order chi connectivity index (χ0) is 13.6. The normalized spacial score (nSPS) is 11.4. The van der Waals surface area contributed by atoms with Crippen LogP contribution in [0.15, 0.2) is 6.07 Å². The van der Waals surface area contributed by atoms with E-state index in [4.69, 9.17) is 5.11 Å². The summed E-state index contributed by atoms with van der Waals surface area (Å²) in [6.07, 6.45) is 1.73. The Labute approximate surface area is 109 Å². The van der Waals surface area contributed by atoms with Crippen molar-refractivity contribution in [3.63, 3.8) is 0 Å². The lowest BCUT2D eigenvalue weighted by Gasteiger charge is -2.26. The molecule has 102 valence electrons. The number of aliphatic hydroxyl groups excluding tert-OH is 1. The molecule has 0 aliphatic rings. The van der Waals surface area contributed by atoms with Crippen molar-refractivity contribution in [2.75, 3.05) is 23.8 Å². The molecular weight excluding hydrogens is 228 g/mol. The highest BCUT2D eigenvalue weighted by Gasteiger charge is 2.17. The largest absolute Gasteiger partial charge is 0.396 e. The van der Waals surface area contributed by atoms with Gasteiger partial charge in [-0.2, -0.15) is 0 Å². The van der Waals surface area contributed by atoms with Gasteiger partial charge in [0.25, 0.3) is 0 Å². The second-order valence-electron chi connectivity index (χ2n) is 5.09. The molecule has 0 saturated heterocycles. The fourth-order valence-corrected chi connectivity index (χ4v) is 1.66. The Morgan fingerprint density at radius 2 is 1.94 bits per heavy atom. The molecule has 0 saturated carbocycles. The summed E-state index contributed by atoms with van der Waals surface area (Å²) in [4.78, 5) is 8.70. The number of aryl methyl sites for hydroxylation is 1. The van der Waals surface area contributed by atoms with E-state index in [1.54, 1.807) is 0 Å². The van der Waals surface area contributed by atoms with Gasteiger partial charge in [0, 0.05) is 24.8 Å². The molecular formula is C13H24N4O. The standard InChI is InChI=1S/C13H24N4O/c1-5-7-14-11-9-12(16-10(2)15-11)17-13(3,4)6-8-18/h9,18H,5-8H2,1-4H3,(H2,14,15,16,17). The van der Waals surface area contributed by atoms with Crippen molar-refractivity contribution in [2.24, 2.45) is 0 Å². The number of anilines is 2. The Morgan fingerprint density at radius 1 is 1.28 bits per heavy atom. The van der Waals surface area contributed by atoms with Crippen LogP contribution in [0.3, 0.4) is 0 Å². The number of nitrogens with zero attached hydrogens (tertiary/aromatic N) is 2. The monoisotopic (exact) mass is 252 g/mol. The highest BCUT2D eigenvalue weighted by Crippen LogP contribution is 2.18. The topological polar surface area (TPSA) is 70.1 Å². The molecule has 0 spiro atoms. The minimum Gasteiger partial charge on any atom is -0.396 e. The van der Waals surface area contributed by atoms with Crippen LogP contribution in [0, 0.1) is 6.92 Å². The van der Waals surface area contributed by atoms with Gasteiger partial charge < -0.3 is 15.7 Å². The Morgan fingerprint density at radius 3 is 2.56 bits per heavy atom. The molecule has 1 aromatic rings. The van der Waals surface area contributed by atoms with Crippen molar-refractivity contribution in [3.05, 3.63) is 11.9 Å². The number of nitrogens with one attached hydrogen (secondary N) is 2. The second-order valence-corrected chi connectivity index (χ2v) is 5.09. The molecule has 0 aliphatic carbocycles. The van der Waals surface area contributed by atoms with Crippen LogP contribution in [0.2, 0.25) is 0 Å². The van der Waals surface area contributed by atoms with Gasteiger partial charge >= 0.3 is 0 Å². The second kappa shape index (κ2) is 6.54. The maximum atomic E-state index is 9.02. The van der Waals surface area contributed by atoms with Crippen LogP contribution in [0.25, 0.3) is 0 Å². The van der Waals surface area contributed by atoms with Gasteiger partial charge in [0.2, 0.25) is 0 Å². The van der Waals surface area contributed by atoms with Gasteiger partial charge in [-0.05, 0) is 33.6 Å². The first kappa shape index (κ1) is 14.7. The van der Waals surface area contributed by atoms with Crippen LogP contribution in [0.4, 0.5) is 11.6 Å². The van der Waals surface area contributed by atoms with E-state index in [1.165, 1.54) is 0 Å². The molecule has 5 nitrogen and oxygen atoms in total. The summed E-state index contributed by atoms with van der Waals surface area (Å²) in [6.45, 7) is 9.13. The predicted octanol–water partition coefficient (Wildman–Crippen LogP) is 2.18. The lowest BCUT2D eigenvalue weighted by Crippen LogP contribution is -2.32.